The minimum absolute atomic E-state index is 0.0244. The van der Waals surface area contributed by atoms with Gasteiger partial charge in [0.05, 0.1) is 23.2 Å². The van der Waals surface area contributed by atoms with Gasteiger partial charge < -0.3 is 4.98 Å². The molecule has 0 atom stereocenters. The van der Waals surface area contributed by atoms with Gasteiger partial charge in [-0.3, -0.25) is 29.6 Å². The third-order valence-corrected chi connectivity index (χ3v) is 3.79. The Labute approximate surface area is 143 Å². The summed E-state index contributed by atoms with van der Waals surface area (Å²) in [4.78, 5) is 44.9. The Kier molecular flexibility index (Phi) is 3.46. The van der Waals surface area contributed by atoms with E-state index < -0.39 is 16.2 Å². The minimum Gasteiger partial charge on any atom is -0.332 e. The number of hydrogen-bond donors (Lipinski definition) is 3. The first kappa shape index (κ1) is 15.5. The molecule has 0 aliphatic carbocycles. The smallest absolute Gasteiger partial charge is 0.327 e. The largest absolute Gasteiger partial charge is 0.332 e. The number of benzene rings is 1. The molecule has 0 aliphatic heterocycles. The number of nitrogens with zero attached hydrogens (tertiary/aromatic N) is 4. The molecule has 11 heteroatoms. The van der Waals surface area contributed by atoms with Crippen molar-refractivity contribution in [3.8, 4) is 11.4 Å². The lowest BCUT2D eigenvalue weighted by atomic mass is 10.2. The van der Waals surface area contributed by atoms with Gasteiger partial charge >= 0.3 is 5.69 Å². The van der Waals surface area contributed by atoms with Gasteiger partial charge in [0.2, 0.25) is 0 Å². The Morgan fingerprint density at radius 1 is 1.12 bits per heavy atom. The Bertz CT molecular complexity index is 1230. The lowest BCUT2D eigenvalue weighted by Crippen LogP contribution is -2.21. The molecule has 0 amide bonds. The maximum atomic E-state index is 11.8. The van der Waals surface area contributed by atoms with Crippen LogP contribution in [0.4, 0.5) is 5.69 Å². The van der Waals surface area contributed by atoms with Crippen molar-refractivity contribution >= 4 is 16.9 Å². The van der Waals surface area contributed by atoms with Crippen LogP contribution < -0.4 is 11.2 Å². The van der Waals surface area contributed by atoms with Gasteiger partial charge in [-0.25, -0.2) is 9.78 Å². The third kappa shape index (κ3) is 2.77. The van der Waals surface area contributed by atoms with Crippen LogP contribution in [0.1, 0.15) is 5.56 Å². The van der Waals surface area contributed by atoms with Gasteiger partial charge in [0.15, 0.2) is 5.65 Å². The predicted molar refractivity (Wildman–Crippen MR) is 90.8 cm³/mol. The van der Waals surface area contributed by atoms with Gasteiger partial charge in [-0.05, 0) is 5.56 Å². The number of imidazole rings is 1. The van der Waals surface area contributed by atoms with Crippen molar-refractivity contribution in [3.63, 3.8) is 0 Å². The van der Waals surface area contributed by atoms with E-state index in [0.29, 0.717) is 17.9 Å². The van der Waals surface area contributed by atoms with E-state index in [4.69, 9.17) is 0 Å². The summed E-state index contributed by atoms with van der Waals surface area (Å²) in [5, 5.41) is 14.9. The Morgan fingerprint density at radius 2 is 1.88 bits per heavy atom. The van der Waals surface area contributed by atoms with Crippen molar-refractivity contribution in [2.75, 3.05) is 0 Å². The van der Waals surface area contributed by atoms with E-state index in [0.717, 1.165) is 5.56 Å². The molecule has 4 rings (SSSR count). The van der Waals surface area contributed by atoms with E-state index >= 15 is 0 Å². The number of H-pyrrole nitrogens is 3. The molecule has 26 heavy (non-hydrogen) atoms. The standard InChI is InChI=1S/C15H11N7O4/c23-14-11-13(19-15(24)20-14)18-12(17-11)9-5-16-21(7-9)6-8-1-3-10(4-2-8)22(25)26/h1-5,7H,6H2,(H3,17,18,19,20,23,24). The first-order chi connectivity index (χ1) is 12.5. The number of aromatic nitrogens is 6. The van der Waals surface area contributed by atoms with Crippen LogP contribution in [-0.4, -0.2) is 34.6 Å². The second kappa shape index (κ2) is 5.81. The minimum atomic E-state index is -0.630. The number of nitrogens with one attached hydrogen (secondary N) is 3. The third-order valence-electron chi connectivity index (χ3n) is 3.79. The maximum Gasteiger partial charge on any atom is 0.327 e. The molecule has 0 radical (unpaired) electrons. The van der Waals surface area contributed by atoms with E-state index in [1.54, 1.807) is 29.2 Å². The molecule has 3 heterocycles. The number of aromatic amines is 3. The number of nitro groups is 1. The van der Waals surface area contributed by atoms with Crippen LogP contribution in [0.2, 0.25) is 0 Å². The van der Waals surface area contributed by atoms with Crippen molar-refractivity contribution in [2.45, 2.75) is 6.54 Å². The fourth-order valence-electron chi connectivity index (χ4n) is 2.55. The predicted octanol–water partition coefficient (Wildman–Crippen LogP) is 0.760. The molecule has 0 saturated carbocycles. The van der Waals surface area contributed by atoms with E-state index in [1.165, 1.54) is 12.1 Å². The zero-order valence-corrected chi connectivity index (χ0v) is 13.1. The van der Waals surface area contributed by atoms with E-state index in [-0.39, 0.29) is 16.9 Å². The Hall–Kier alpha value is -4.02. The van der Waals surface area contributed by atoms with Crippen LogP contribution in [0, 0.1) is 10.1 Å². The highest BCUT2D eigenvalue weighted by atomic mass is 16.6. The maximum absolute atomic E-state index is 11.8. The van der Waals surface area contributed by atoms with Gasteiger partial charge in [0.1, 0.15) is 11.3 Å². The molecular weight excluding hydrogens is 342 g/mol. The number of hydrogen-bond acceptors (Lipinski definition) is 6. The topological polar surface area (TPSA) is 155 Å². The monoisotopic (exact) mass is 353 g/mol. The summed E-state index contributed by atoms with van der Waals surface area (Å²) in [5.74, 6) is 0.391. The molecule has 0 bridgehead atoms. The second-order valence-electron chi connectivity index (χ2n) is 5.57. The summed E-state index contributed by atoms with van der Waals surface area (Å²) in [6.07, 6.45) is 3.28. The highest BCUT2D eigenvalue weighted by Crippen LogP contribution is 2.18. The SMILES string of the molecule is O=c1[nH]c(=O)c2[nH]c(-c3cnn(Cc4ccc([N+](=O)[O-])cc4)c3)nc2[nH]1. The molecule has 0 aliphatic rings. The quantitative estimate of drug-likeness (QED) is 0.363. The molecule has 3 N–H and O–H groups in total. The van der Waals surface area contributed by atoms with Crippen LogP contribution in [-0.2, 0) is 6.54 Å². The fourth-order valence-corrected chi connectivity index (χ4v) is 2.55. The first-order valence-electron chi connectivity index (χ1n) is 7.48. The molecule has 0 saturated heterocycles. The summed E-state index contributed by atoms with van der Waals surface area (Å²) in [7, 11) is 0. The molecule has 11 nitrogen and oxygen atoms in total. The fraction of sp³-hybridized carbons (Fsp3) is 0.0667. The average molecular weight is 353 g/mol. The van der Waals surface area contributed by atoms with Gasteiger partial charge in [0.25, 0.3) is 11.2 Å². The van der Waals surface area contributed by atoms with E-state index in [1.807, 2.05) is 0 Å². The van der Waals surface area contributed by atoms with Gasteiger partial charge in [-0.15, -0.1) is 0 Å². The molecule has 1 aromatic carbocycles. The van der Waals surface area contributed by atoms with Crippen LogP contribution in [0.3, 0.4) is 0 Å². The number of non-ortho nitro benzene ring substituents is 1. The molecule has 0 unspecified atom stereocenters. The highest BCUT2D eigenvalue weighted by molar-refractivity contribution is 5.74. The Balaban J connectivity index is 1.62. The summed E-state index contributed by atoms with van der Waals surface area (Å²) >= 11 is 0. The van der Waals surface area contributed by atoms with Crippen LogP contribution >= 0.6 is 0 Å². The van der Waals surface area contributed by atoms with Crippen LogP contribution in [0.15, 0.2) is 46.2 Å². The Morgan fingerprint density at radius 3 is 2.62 bits per heavy atom. The molecule has 0 fully saturated rings. The van der Waals surface area contributed by atoms with E-state index in [2.05, 4.69) is 25.0 Å². The van der Waals surface area contributed by atoms with Gasteiger partial charge in [0, 0.05) is 18.3 Å². The molecule has 4 aromatic rings. The summed E-state index contributed by atoms with van der Waals surface area (Å²) in [5.41, 5.74) is 0.644. The van der Waals surface area contributed by atoms with Crippen molar-refractivity contribution < 1.29 is 4.92 Å². The lowest BCUT2D eigenvalue weighted by molar-refractivity contribution is -0.384. The average Bonchev–Trinajstić information content (AvgIpc) is 3.22. The lowest BCUT2D eigenvalue weighted by Gasteiger charge is -2.01. The molecule has 0 spiro atoms. The zero-order chi connectivity index (χ0) is 18.3. The number of fused-ring (bicyclic) bond motifs is 1. The highest BCUT2D eigenvalue weighted by Gasteiger charge is 2.11. The van der Waals surface area contributed by atoms with Crippen LogP contribution in [0.5, 0.6) is 0 Å². The second-order valence-corrected chi connectivity index (χ2v) is 5.57. The molecule has 130 valence electrons. The zero-order valence-electron chi connectivity index (χ0n) is 13.1. The summed E-state index contributed by atoms with van der Waals surface area (Å²) in [6, 6.07) is 6.18. The summed E-state index contributed by atoms with van der Waals surface area (Å²) in [6.45, 7) is 0.412. The van der Waals surface area contributed by atoms with Crippen LogP contribution in [0.25, 0.3) is 22.6 Å². The van der Waals surface area contributed by atoms with Crippen molar-refractivity contribution in [1.29, 1.82) is 0 Å². The normalized spacial score (nSPS) is 11.1. The van der Waals surface area contributed by atoms with Crippen molar-refractivity contribution in [2.24, 2.45) is 0 Å². The van der Waals surface area contributed by atoms with Gasteiger partial charge in [-0.1, -0.05) is 12.1 Å². The summed E-state index contributed by atoms with van der Waals surface area (Å²) < 4.78 is 1.64. The van der Waals surface area contributed by atoms with E-state index in [9.17, 15) is 19.7 Å². The van der Waals surface area contributed by atoms with Crippen molar-refractivity contribution in [3.05, 3.63) is 73.2 Å². The number of rotatable bonds is 4. The number of nitro benzene ring substituents is 1. The van der Waals surface area contributed by atoms with Crippen molar-refractivity contribution in [1.82, 2.24) is 29.7 Å². The molecular formula is C15H11N7O4. The first-order valence-corrected chi connectivity index (χ1v) is 7.48. The molecule has 3 aromatic heterocycles. The van der Waals surface area contributed by atoms with Gasteiger partial charge in [-0.2, -0.15) is 5.10 Å².